The highest BCUT2D eigenvalue weighted by Crippen LogP contribution is 2.29. The summed E-state index contributed by atoms with van der Waals surface area (Å²) in [7, 11) is 0. The summed E-state index contributed by atoms with van der Waals surface area (Å²) in [6, 6.07) is 0.0254. The monoisotopic (exact) mass is 254 g/mol. The van der Waals surface area contributed by atoms with Gasteiger partial charge in [-0.3, -0.25) is 4.79 Å². The highest BCUT2D eigenvalue weighted by molar-refractivity contribution is 5.83. The van der Waals surface area contributed by atoms with Crippen LogP contribution in [0, 0.1) is 0 Å². The zero-order chi connectivity index (χ0) is 13.0. The fraction of sp³-hybridized carbons (Fsp3) is 0.929. The molecule has 0 bridgehead atoms. The molecule has 4 nitrogen and oxygen atoms in total. The normalized spacial score (nSPS) is 33.8. The van der Waals surface area contributed by atoms with Gasteiger partial charge in [-0.15, -0.1) is 0 Å². The number of nitrogens with one attached hydrogen (secondary N) is 1. The van der Waals surface area contributed by atoms with Gasteiger partial charge < -0.3 is 15.0 Å². The van der Waals surface area contributed by atoms with Crippen molar-refractivity contribution in [3.63, 3.8) is 0 Å². The zero-order valence-electron chi connectivity index (χ0n) is 11.7. The molecule has 2 atom stereocenters. The molecule has 0 aromatic carbocycles. The maximum absolute atomic E-state index is 12.5. The smallest absolute Gasteiger partial charge is 0.240 e. The highest BCUT2D eigenvalue weighted by Gasteiger charge is 2.41. The van der Waals surface area contributed by atoms with Crippen molar-refractivity contribution in [2.45, 2.75) is 57.5 Å². The van der Waals surface area contributed by atoms with Crippen molar-refractivity contribution in [3.05, 3.63) is 0 Å². The SMILES string of the molecule is CCCNC1CCCN(C2(C)CCCOC2)C1=O. The van der Waals surface area contributed by atoms with Crippen LogP contribution in [0.4, 0.5) is 0 Å². The molecule has 0 radical (unpaired) electrons. The molecule has 0 aromatic rings. The fourth-order valence-corrected chi connectivity index (χ4v) is 3.05. The van der Waals surface area contributed by atoms with E-state index in [4.69, 9.17) is 4.74 Å². The minimum Gasteiger partial charge on any atom is -0.379 e. The molecule has 0 spiro atoms. The van der Waals surface area contributed by atoms with E-state index in [1.807, 2.05) is 0 Å². The standard InChI is InChI=1S/C14H26N2O2/c1-3-8-15-12-6-4-9-16(13(12)17)14(2)7-5-10-18-11-14/h12,15H,3-11H2,1-2H3. The second-order valence-corrected chi connectivity index (χ2v) is 5.79. The summed E-state index contributed by atoms with van der Waals surface area (Å²) in [6.07, 6.45) is 5.28. The molecule has 2 unspecified atom stereocenters. The molecule has 2 heterocycles. The van der Waals surface area contributed by atoms with Crippen molar-refractivity contribution in [2.24, 2.45) is 0 Å². The van der Waals surface area contributed by atoms with Gasteiger partial charge in [0.05, 0.1) is 18.2 Å². The van der Waals surface area contributed by atoms with E-state index in [2.05, 4.69) is 24.1 Å². The summed E-state index contributed by atoms with van der Waals surface area (Å²) in [5.74, 6) is 0.280. The first kappa shape index (κ1) is 13.8. The van der Waals surface area contributed by atoms with Crippen molar-refractivity contribution in [3.8, 4) is 0 Å². The quantitative estimate of drug-likeness (QED) is 0.827. The second kappa shape index (κ2) is 6.02. The number of nitrogens with zero attached hydrogens (tertiary/aromatic N) is 1. The lowest BCUT2D eigenvalue weighted by Crippen LogP contribution is -2.61. The third-order valence-electron chi connectivity index (χ3n) is 4.15. The van der Waals surface area contributed by atoms with E-state index in [0.717, 1.165) is 51.8 Å². The van der Waals surface area contributed by atoms with E-state index in [9.17, 15) is 4.79 Å². The predicted molar refractivity (Wildman–Crippen MR) is 71.5 cm³/mol. The molecule has 0 aromatic heterocycles. The topological polar surface area (TPSA) is 41.6 Å². The van der Waals surface area contributed by atoms with Crippen LogP contribution in [0.25, 0.3) is 0 Å². The Kier molecular flexibility index (Phi) is 4.62. The van der Waals surface area contributed by atoms with Gasteiger partial charge in [-0.1, -0.05) is 6.92 Å². The Balaban J connectivity index is 2.00. The van der Waals surface area contributed by atoms with Crippen molar-refractivity contribution < 1.29 is 9.53 Å². The first-order valence-electron chi connectivity index (χ1n) is 7.30. The van der Waals surface area contributed by atoms with Crippen molar-refractivity contribution in [1.29, 1.82) is 0 Å². The highest BCUT2D eigenvalue weighted by atomic mass is 16.5. The average molecular weight is 254 g/mol. The Hall–Kier alpha value is -0.610. The predicted octanol–water partition coefficient (Wildman–Crippen LogP) is 1.55. The van der Waals surface area contributed by atoms with Gasteiger partial charge >= 0.3 is 0 Å². The summed E-state index contributed by atoms with van der Waals surface area (Å²) < 4.78 is 5.59. The van der Waals surface area contributed by atoms with E-state index in [-0.39, 0.29) is 17.5 Å². The lowest BCUT2D eigenvalue weighted by Gasteiger charge is -2.47. The Morgan fingerprint density at radius 2 is 2.33 bits per heavy atom. The Bertz CT molecular complexity index is 288. The number of hydrogen-bond acceptors (Lipinski definition) is 3. The molecular formula is C14H26N2O2. The molecule has 2 rings (SSSR count). The Labute approximate surface area is 110 Å². The molecule has 2 aliphatic rings. The maximum atomic E-state index is 12.5. The third-order valence-corrected chi connectivity index (χ3v) is 4.15. The summed E-state index contributed by atoms with van der Waals surface area (Å²) in [6.45, 7) is 7.66. The number of rotatable bonds is 4. The fourth-order valence-electron chi connectivity index (χ4n) is 3.05. The minimum atomic E-state index is -0.0815. The largest absolute Gasteiger partial charge is 0.379 e. The van der Waals surface area contributed by atoms with E-state index in [1.165, 1.54) is 0 Å². The van der Waals surface area contributed by atoms with Crippen LogP contribution in [0.3, 0.4) is 0 Å². The first-order chi connectivity index (χ1) is 8.67. The first-order valence-corrected chi connectivity index (χ1v) is 7.30. The molecule has 4 heteroatoms. The average Bonchev–Trinajstić information content (AvgIpc) is 2.38. The molecule has 0 aliphatic carbocycles. The van der Waals surface area contributed by atoms with E-state index < -0.39 is 0 Å². The number of hydrogen-bond donors (Lipinski definition) is 1. The molecule has 104 valence electrons. The number of ether oxygens (including phenoxy) is 1. The van der Waals surface area contributed by atoms with Gasteiger partial charge in [0, 0.05) is 13.2 Å². The van der Waals surface area contributed by atoms with Crippen LogP contribution >= 0.6 is 0 Å². The molecule has 1 amide bonds. The minimum absolute atomic E-state index is 0.0254. The van der Waals surface area contributed by atoms with Crippen LogP contribution < -0.4 is 5.32 Å². The number of likely N-dealkylation sites (tertiary alicyclic amines) is 1. The molecule has 0 saturated carbocycles. The van der Waals surface area contributed by atoms with Gasteiger partial charge in [-0.2, -0.15) is 0 Å². The number of carbonyl (C=O) groups is 1. The lowest BCUT2D eigenvalue weighted by atomic mass is 9.89. The van der Waals surface area contributed by atoms with Crippen molar-refractivity contribution >= 4 is 5.91 Å². The van der Waals surface area contributed by atoms with Gasteiger partial charge in [-0.05, 0) is 45.6 Å². The van der Waals surface area contributed by atoms with Crippen LogP contribution in [0.2, 0.25) is 0 Å². The summed E-state index contributed by atoms with van der Waals surface area (Å²) >= 11 is 0. The summed E-state index contributed by atoms with van der Waals surface area (Å²) in [5, 5.41) is 3.38. The maximum Gasteiger partial charge on any atom is 0.240 e. The molecule has 2 aliphatic heterocycles. The third kappa shape index (κ3) is 2.86. The second-order valence-electron chi connectivity index (χ2n) is 5.79. The molecule has 1 N–H and O–H groups in total. The molecular weight excluding hydrogens is 228 g/mol. The van der Waals surface area contributed by atoms with E-state index in [0.29, 0.717) is 6.61 Å². The number of piperidine rings is 1. The van der Waals surface area contributed by atoms with Crippen LogP contribution in [0.5, 0.6) is 0 Å². The van der Waals surface area contributed by atoms with Gasteiger partial charge in [0.1, 0.15) is 0 Å². The van der Waals surface area contributed by atoms with Gasteiger partial charge in [0.25, 0.3) is 0 Å². The van der Waals surface area contributed by atoms with Gasteiger partial charge in [0.15, 0.2) is 0 Å². The molecule has 18 heavy (non-hydrogen) atoms. The van der Waals surface area contributed by atoms with Crippen LogP contribution in [-0.4, -0.2) is 48.7 Å². The Morgan fingerprint density at radius 3 is 3.00 bits per heavy atom. The summed E-state index contributed by atoms with van der Waals surface area (Å²) in [5.41, 5.74) is -0.0815. The van der Waals surface area contributed by atoms with E-state index >= 15 is 0 Å². The van der Waals surface area contributed by atoms with E-state index in [1.54, 1.807) is 0 Å². The van der Waals surface area contributed by atoms with Crippen LogP contribution in [-0.2, 0) is 9.53 Å². The number of amides is 1. The summed E-state index contributed by atoms with van der Waals surface area (Å²) in [4.78, 5) is 14.6. The lowest BCUT2D eigenvalue weighted by molar-refractivity contribution is -0.148. The molecule has 2 saturated heterocycles. The van der Waals surface area contributed by atoms with Crippen LogP contribution in [0.1, 0.15) is 46.0 Å². The van der Waals surface area contributed by atoms with Gasteiger partial charge in [0.2, 0.25) is 5.91 Å². The molecule has 2 fully saturated rings. The van der Waals surface area contributed by atoms with Crippen LogP contribution in [0.15, 0.2) is 0 Å². The zero-order valence-corrected chi connectivity index (χ0v) is 11.7. The van der Waals surface area contributed by atoms with Crippen molar-refractivity contribution in [1.82, 2.24) is 10.2 Å². The number of carbonyl (C=O) groups excluding carboxylic acids is 1. The van der Waals surface area contributed by atoms with Crippen molar-refractivity contribution in [2.75, 3.05) is 26.3 Å². The Morgan fingerprint density at radius 1 is 1.50 bits per heavy atom. The van der Waals surface area contributed by atoms with Gasteiger partial charge in [-0.25, -0.2) is 0 Å².